The van der Waals surface area contributed by atoms with Crippen molar-refractivity contribution >= 4 is 34.4 Å². The van der Waals surface area contributed by atoms with Gasteiger partial charge in [0, 0.05) is 17.1 Å². The molecule has 138 valence electrons. The number of benzene rings is 2. The number of halogens is 1. The highest BCUT2D eigenvalue weighted by molar-refractivity contribution is 7.98. The van der Waals surface area contributed by atoms with Crippen LogP contribution in [-0.2, 0) is 12.3 Å². The minimum absolute atomic E-state index is 0.0356. The van der Waals surface area contributed by atoms with Crippen molar-refractivity contribution < 1.29 is 5.11 Å². The fourth-order valence-corrected chi connectivity index (χ4v) is 3.80. The fraction of sp³-hybridized carbons (Fsp3) is 0.211. The van der Waals surface area contributed by atoms with Gasteiger partial charge in [0.2, 0.25) is 5.16 Å². The Labute approximate surface area is 165 Å². The molecule has 8 heteroatoms. The number of aromatic amines is 1. The maximum absolute atomic E-state index is 9.41. The largest absolute Gasteiger partial charge is 0.395 e. The molecule has 2 aromatic carbocycles. The van der Waals surface area contributed by atoms with Gasteiger partial charge in [-0.05, 0) is 25.1 Å². The monoisotopic (exact) mass is 399 g/mol. The van der Waals surface area contributed by atoms with E-state index >= 15 is 0 Å². The van der Waals surface area contributed by atoms with Crippen molar-refractivity contribution in [2.45, 2.75) is 24.4 Å². The van der Waals surface area contributed by atoms with E-state index in [2.05, 4.69) is 27.1 Å². The number of thioether (sulfide) groups is 1. The smallest absolute Gasteiger partial charge is 0.209 e. The standard InChI is InChI=1S/C19H18ClN5OS/c1-12-2-4-13(5-3-12)18-22-19(24-23-18)27-11-17-21-15-7-6-14(20)10-16(15)25(17)8-9-26/h2-7,10,26H,8-9,11H2,1H3,(H,22,23,24). The van der Waals surface area contributed by atoms with E-state index in [1.165, 1.54) is 17.3 Å². The van der Waals surface area contributed by atoms with Gasteiger partial charge in [-0.2, -0.15) is 0 Å². The number of aryl methyl sites for hydroxylation is 1. The quantitative estimate of drug-likeness (QED) is 0.478. The predicted molar refractivity (Wildman–Crippen MR) is 108 cm³/mol. The lowest BCUT2D eigenvalue weighted by Crippen LogP contribution is -2.06. The molecule has 0 unspecified atom stereocenters. The molecule has 27 heavy (non-hydrogen) atoms. The highest BCUT2D eigenvalue weighted by Crippen LogP contribution is 2.26. The van der Waals surface area contributed by atoms with E-state index in [9.17, 15) is 5.11 Å². The van der Waals surface area contributed by atoms with Gasteiger partial charge in [-0.25, -0.2) is 9.97 Å². The Morgan fingerprint density at radius 2 is 1.96 bits per heavy atom. The number of fused-ring (bicyclic) bond motifs is 1. The number of rotatable bonds is 6. The first-order chi connectivity index (χ1) is 13.1. The molecule has 2 aromatic heterocycles. The first-order valence-electron chi connectivity index (χ1n) is 8.52. The first kappa shape index (κ1) is 18.0. The van der Waals surface area contributed by atoms with Crippen LogP contribution in [0.3, 0.4) is 0 Å². The van der Waals surface area contributed by atoms with E-state index in [1.54, 1.807) is 0 Å². The molecule has 0 bridgehead atoms. The normalized spacial score (nSPS) is 11.4. The zero-order valence-electron chi connectivity index (χ0n) is 14.7. The van der Waals surface area contributed by atoms with Crippen LogP contribution < -0.4 is 0 Å². The molecule has 0 spiro atoms. The van der Waals surface area contributed by atoms with Crippen LogP contribution in [0.5, 0.6) is 0 Å². The van der Waals surface area contributed by atoms with Crippen LogP contribution >= 0.6 is 23.4 Å². The highest BCUT2D eigenvalue weighted by atomic mass is 35.5. The van der Waals surface area contributed by atoms with Gasteiger partial charge >= 0.3 is 0 Å². The van der Waals surface area contributed by atoms with Gasteiger partial charge in [0.1, 0.15) is 5.82 Å². The highest BCUT2D eigenvalue weighted by Gasteiger charge is 2.13. The SMILES string of the molecule is Cc1ccc(-c2nc(SCc3nc4ccc(Cl)cc4n3CCO)n[nH]2)cc1. The van der Waals surface area contributed by atoms with E-state index in [4.69, 9.17) is 11.6 Å². The second-order valence-corrected chi connectivity index (χ2v) is 7.54. The third kappa shape index (κ3) is 3.85. The Hall–Kier alpha value is -2.35. The zero-order valence-corrected chi connectivity index (χ0v) is 16.3. The molecule has 0 atom stereocenters. The maximum atomic E-state index is 9.41. The van der Waals surface area contributed by atoms with E-state index in [0.717, 1.165) is 28.2 Å². The van der Waals surface area contributed by atoms with Crippen molar-refractivity contribution in [3.63, 3.8) is 0 Å². The molecule has 0 amide bonds. The molecule has 0 radical (unpaired) electrons. The molecular weight excluding hydrogens is 382 g/mol. The summed E-state index contributed by atoms with van der Waals surface area (Å²) in [6, 6.07) is 13.7. The number of aromatic nitrogens is 5. The summed E-state index contributed by atoms with van der Waals surface area (Å²) in [7, 11) is 0. The van der Waals surface area contributed by atoms with Crippen molar-refractivity contribution in [3.8, 4) is 11.4 Å². The molecule has 2 N–H and O–H groups in total. The molecule has 4 rings (SSSR count). The van der Waals surface area contributed by atoms with Gasteiger partial charge in [0.05, 0.1) is 23.4 Å². The van der Waals surface area contributed by atoms with E-state index in [0.29, 0.717) is 22.5 Å². The van der Waals surface area contributed by atoms with Crippen LogP contribution in [0.25, 0.3) is 22.4 Å². The first-order valence-corrected chi connectivity index (χ1v) is 9.88. The topological polar surface area (TPSA) is 79.6 Å². The Morgan fingerprint density at radius 3 is 2.74 bits per heavy atom. The Morgan fingerprint density at radius 1 is 1.15 bits per heavy atom. The lowest BCUT2D eigenvalue weighted by Gasteiger charge is -2.06. The lowest BCUT2D eigenvalue weighted by atomic mass is 10.1. The molecule has 2 heterocycles. The average molecular weight is 400 g/mol. The molecule has 0 saturated heterocycles. The van der Waals surface area contributed by atoms with Gasteiger partial charge in [0.15, 0.2) is 5.82 Å². The van der Waals surface area contributed by atoms with Crippen LogP contribution in [-0.4, -0.2) is 36.4 Å². The van der Waals surface area contributed by atoms with E-state index < -0.39 is 0 Å². The van der Waals surface area contributed by atoms with Crippen LogP contribution in [0.4, 0.5) is 0 Å². The third-order valence-corrected chi connectivity index (χ3v) is 5.31. The van der Waals surface area contributed by atoms with E-state index in [-0.39, 0.29) is 6.61 Å². The summed E-state index contributed by atoms with van der Waals surface area (Å²) in [5.74, 6) is 2.19. The van der Waals surface area contributed by atoms with Crippen molar-refractivity contribution in [3.05, 3.63) is 58.9 Å². The summed E-state index contributed by atoms with van der Waals surface area (Å²) in [6.45, 7) is 2.56. The molecule has 0 aliphatic heterocycles. The van der Waals surface area contributed by atoms with Crippen LogP contribution in [0.2, 0.25) is 5.02 Å². The Kier molecular flexibility index (Phi) is 5.15. The van der Waals surface area contributed by atoms with Crippen molar-refractivity contribution in [2.75, 3.05) is 6.61 Å². The average Bonchev–Trinajstić information content (AvgIpc) is 3.26. The summed E-state index contributed by atoms with van der Waals surface area (Å²) in [6.07, 6.45) is 0. The van der Waals surface area contributed by atoms with E-state index in [1.807, 2.05) is 47.0 Å². The predicted octanol–water partition coefficient (Wildman–Crippen LogP) is 4.07. The van der Waals surface area contributed by atoms with Gasteiger partial charge < -0.3 is 9.67 Å². The second-order valence-electron chi connectivity index (χ2n) is 6.16. The van der Waals surface area contributed by atoms with Gasteiger partial charge in [-0.1, -0.05) is 53.2 Å². The van der Waals surface area contributed by atoms with Crippen molar-refractivity contribution in [1.29, 1.82) is 0 Å². The summed E-state index contributed by atoms with van der Waals surface area (Å²) in [5.41, 5.74) is 3.99. The molecule has 0 saturated carbocycles. The summed E-state index contributed by atoms with van der Waals surface area (Å²) in [5, 5.41) is 18.0. The number of hydrogen-bond acceptors (Lipinski definition) is 5. The van der Waals surface area contributed by atoms with Crippen molar-refractivity contribution in [1.82, 2.24) is 24.7 Å². The number of H-pyrrole nitrogens is 1. The number of aliphatic hydroxyl groups excluding tert-OH is 1. The number of imidazole rings is 1. The Bertz CT molecular complexity index is 1070. The molecule has 6 nitrogen and oxygen atoms in total. The third-order valence-electron chi connectivity index (χ3n) is 4.23. The van der Waals surface area contributed by atoms with Crippen LogP contribution in [0.15, 0.2) is 47.6 Å². The molecule has 0 fully saturated rings. The summed E-state index contributed by atoms with van der Waals surface area (Å²) >= 11 is 7.61. The number of aliphatic hydroxyl groups is 1. The van der Waals surface area contributed by atoms with Gasteiger partial charge in [-0.15, -0.1) is 5.10 Å². The number of nitrogens with zero attached hydrogens (tertiary/aromatic N) is 4. The summed E-state index contributed by atoms with van der Waals surface area (Å²) in [4.78, 5) is 9.23. The number of hydrogen-bond donors (Lipinski definition) is 2. The van der Waals surface area contributed by atoms with Crippen LogP contribution in [0, 0.1) is 6.92 Å². The lowest BCUT2D eigenvalue weighted by molar-refractivity contribution is 0.276. The molecule has 0 aliphatic rings. The molecule has 4 aromatic rings. The second kappa shape index (κ2) is 7.72. The maximum Gasteiger partial charge on any atom is 0.209 e. The molecule has 0 aliphatic carbocycles. The minimum atomic E-state index is 0.0356. The zero-order chi connectivity index (χ0) is 18.8. The van der Waals surface area contributed by atoms with Crippen molar-refractivity contribution in [2.24, 2.45) is 0 Å². The van der Waals surface area contributed by atoms with Gasteiger partial charge in [-0.3, -0.25) is 5.10 Å². The Balaban J connectivity index is 1.55. The van der Waals surface area contributed by atoms with Crippen LogP contribution in [0.1, 0.15) is 11.4 Å². The number of nitrogens with one attached hydrogen (secondary N) is 1. The fourth-order valence-electron chi connectivity index (χ4n) is 2.89. The summed E-state index contributed by atoms with van der Waals surface area (Å²) < 4.78 is 1.99. The minimum Gasteiger partial charge on any atom is -0.395 e. The molecular formula is C19H18ClN5OS. The van der Waals surface area contributed by atoms with Gasteiger partial charge in [0.25, 0.3) is 0 Å².